The van der Waals surface area contributed by atoms with Crippen LogP contribution < -0.4 is 0 Å². The van der Waals surface area contributed by atoms with Gasteiger partial charge in [-0.05, 0) is 27.2 Å². The summed E-state index contributed by atoms with van der Waals surface area (Å²) >= 11 is 0. The Morgan fingerprint density at radius 1 is 1.05 bits per heavy atom. The van der Waals surface area contributed by atoms with Gasteiger partial charge in [-0.2, -0.15) is 0 Å². The maximum Gasteiger partial charge on any atom is 0.0536 e. The van der Waals surface area contributed by atoms with Gasteiger partial charge in [0.15, 0.2) is 0 Å². The molecule has 2 aromatic rings. The third kappa shape index (κ3) is 7.76. The fourth-order valence-electron chi connectivity index (χ4n) is 1.82. The number of nitrogens with zero attached hydrogens (tertiary/aromatic N) is 2. The average molecular weight is 480 g/mol. The van der Waals surface area contributed by atoms with Crippen molar-refractivity contribution in [1.29, 1.82) is 0 Å². The Bertz CT molecular complexity index is 537. The molecule has 0 spiro atoms. The first kappa shape index (κ1) is 20.9. The third-order valence-corrected chi connectivity index (χ3v) is 2.79. The van der Waals surface area contributed by atoms with E-state index in [-0.39, 0.29) is 32.3 Å². The average Bonchev–Trinajstić information content (AvgIpc) is 2.39. The van der Waals surface area contributed by atoms with E-state index in [1.54, 1.807) is 26.2 Å². The molecule has 2 N–H and O–H groups in total. The van der Waals surface area contributed by atoms with Gasteiger partial charge >= 0.3 is 0 Å². The predicted octanol–water partition coefficient (Wildman–Crippen LogP) is 2.70. The second-order valence-corrected chi connectivity index (χ2v) is 5.20. The van der Waals surface area contributed by atoms with Crippen molar-refractivity contribution in [3.8, 4) is 11.3 Å². The fraction of sp³-hybridized carbons (Fsp3) is 0.412. The van der Waals surface area contributed by atoms with Gasteiger partial charge in [-0.25, -0.2) is 0 Å². The Hall–Kier alpha value is -1.13. The molecule has 2 rings (SSSR count). The number of aromatic nitrogens is 2. The van der Waals surface area contributed by atoms with Crippen LogP contribution >= 0.6 is 0 Å². The minimum Gasteiger partial charge on any atom is -0.393 e. The van der Waals surface area contributed by atoms with Gasteiger partial charge in [-0.1, -0.05) is 6.92 Å². The maximum absolute atomic E-state index is 8.56. The summed E-state index contributed by atoms with van der Waals surface area (Å²) in [6, 6.07) is 9.23. The van der Waals surface area contributed by atoms with Gasteiger partial charge in [0.1, 0.15) is 0 Å². The van der Waals surface area contributed by atoms with Crippen LogP contribution in [0.5, 0.6) is 0 Å². The van der Waals surface area contributed by atoms with Crippen molar-refractivity contribution in [2.75, 3.05) is 0 Å². The summed E-state index contributed by atoms with van der Waals surface area (Å²) in [6.45, 7) is 7.32. The SMILES string of the molecule is CC(O)CC(C)O.Cc1c[c-]c(-c2nccnc2C)cc1.[Ir]. The van der Waals surface area contributed by atoms with Crippen LogP contribution in [0.3, 0.4) is 0 Å². The van der Waals surface area contributed by atoms with Crippen LogP contribution in [0, 0.1) is 19.9 Å². The number of hydrogen-bond donors (Lipinski definition) is 2. The molecule has 4 nitrogen and oxygen atoms in total. The van der Waals surface area contributed by atoms with E-state index in [9.17, 15) is 0 Å². The van der Waals surface area contributed by atoms with Crippen molar-refractivity contribution in [3.05, 3.63) is 47.9 Å². The number of aryl methyl sites for hydroxylation is 2. The minimum atomic E-state index is -0.375. The molecule has 1 aromatic carbocycles. The van der Waals surface area contributed by atoms with Crippen LogP contribution in [0.4, 0.5) is 0 Å². The molecule has 0 amide bonds. The molecule has 0 saturated carbocycles. The van der Waals surface area contributed by atoms with Gasteiger partial charge in [0.05, 0.1) is 12.2 Å². The molecule has 1 radical (unpaired) electrons. The molecular weight excluding hydrogens is 456 g/mol. The molecule has 0 aliphatic heterocycles. The molecule has 5 heteroatoms. The van der Waals surface area contributed by atoms with E-state index in [2.05, 4.69) is 22.1 Å². The molecule has 0 fully saturated rings. The number of aliphatic hydroxyl groups is 2. The Morgan fingerprint density at radius 3 is 2.05 bits per heavy atom. The second kappa shape index (κ2) is 10.6. The van der Waals surface area contributed by atoms with Crippen molar-refractivity contribution in [3.63, 3.8) is 0 Å². The largest absolute Gasteiger partial charge is 0.393 e. The zero-order chi connectivity index (χ0) is 15.8. The van der Waals surface area contributed by atoms with Crippen molar-refractivity contribution >= 4 is 0 Å². The Morgan fingerprint density at radius 2 is 1.64 bits per heavy atom. The van der Waals surface area contributed by atoms with Crippen LogP contribution in [0.25, 0.3) is 11.3 Å². The van der Waals surface area contributed by atoms with Crippen LogP contribution in [0.15, 0.2) is 30.6 Å². The third-order valence-electron chi connectivity index (χ3n) is 2.79. The van der Waals surface area contributed by atoms with Gasteiger partial charge in [0.2, 0.25) is 0 Å². The topological polar surface area (TPSA) is 66.2 Å². The summed E-state index contributed by atoms with van der Waals surface area (Å²) in [5, 5.41) is 17.1. The first-order chi connectivity index (χ1) is 9.90. The molecule has 22 heavy (non-hydrogen) atoms. The van der Waals surface area contributed by atoms with Gasteiger partial charge in [-0.3, -0.25) is 4.98 Å². The van der Waals surface area contributed by atoms with Crippen LogP contribution in [-0.4, -0.2) is 32.4 Å². The Balaban J connectivity index is 0.000000478. The monoisotopic (exact) mass is 480 g/mol. The van der Waals surface area contributed by atoms with E-state index in [1.165, 1.54) is 5.56 Å². The molecule has 2 atom stereocenters. The molecule has 123 valence electrons. The summed E-state index contributed by atoms with van der Waals surface area (Å²) < 4.78 is 0. The van der Waals surface area contributed by atoms with Crippen molar-refractivity contribution in [2.24, 2.45) is 0 Å². The summed E-state index contributed by atoms with van der Waals surface area (Å²) in [5.41, 5.74) is 4.05. The maximum atomic E-state index is 8.56. The minimum absolute atomic E-state index is 0. The van der Waals surface area contributed by atoms with E-state index >= 15 is 0 Å². The summed E-state index contributed by atoms with van der Waals surface area (Å²) in [5.74, 6) is 0. The standard InChI is InChI=1S/C12H11N2.C5H12O2.Ir/c1-9-3-5-11(6-4-9)12-10(2)13-7-8-14-12;1-4(6)3-5(2)7;/h3-5,7-8H,1-2H3;4-7H,3H2,1-2H3;/q-1;;. The summed E-state index contributed by atoms with van der Waals surface area (Å²) in [7, 11) is 0. The summed E-state index contributed by atoms with van der Waals surface area (Å²) in [4.78, 5) is 8.48. The second-order valence-electron chi connectivity index (χ2n) is 5.20. The van der Waals surface area contributed by atoms with Gasteiger partial charge in [-0.15, -0.1) is 35.4 Å². The van der Waals surface area contributed by atoms with Crippen LogP contribution in [-0.2, 0) is 20.1 Å². The van der Waals surface area contributed by atoms with Gasteiger partial charge in [0, 0.05) is 43.9 Å². The van der Waals surface area contributed by atoms with E-state index < -0.39 is 0 Å². The molecule has 2 unspecified atom stereocenters. The quantitative estimate of drug-likeness (QED) is 0.665. The van der Waals surface area contributed by atoms with E-state index in [0.717, 1.165) is 17.0 Å². The predicted molar refractivity (Wildman–Crippen MR) is 83.8 cm³/mol. The molecular formula is C17H23IrN2O2-. The van der Waals surface area contributed by atoms with Crippen LogP contribution in [0.1, 0.15) is 31.5 Å². The number of aliphatic hydroxyl groups excluding tert-OH is 2. The zero-order valence-corrected chi connectivity index (χ0v) is 15.8. The molecule has 0 bridgehead atoms. The van der Waals surface area contributed by atoms with E-state index in [0.29, 0.717) is 6.42 Å². The van der Waals surface area contributed by atoms with Crippen molar-refractivity contribution in [1.82, 2.24) is 9.97 Å². The smallest absolute Gasteiger partial charge is 0.0536 e. The Kier molecular flexibility index (Phi) is 10.0. The first-order valence-corrected chi connectivity index (χ1v) is 7.02. The first-order valence-electron chi connectivity index (χ1n) is 7.02. The molecule has 1 heterocycles. The molecule has 1 aromatic heterocycles. The van der Waals surface area contributed by atoms with Crippen LogP contribution in [0.2, 0.25) is 0 Å². The fourth-order valence-corrected chi connectivity index (χ4v) is 1.82. The number of benzene rings is 1. The van der Waals surface area contributed by atoms with Crippen molar-refractivity contribution in [2.45, 2.75) is 46.3 Å². The summed E-state index contributed by atoms with van der Waals surface area (Å²) in [6.07, 6.45) is 3.13. The van der Waals surface area contributed by atoms with E-state index in [4.69, 9.17) is 10.2 Å². The normalized spacial score (nSPS) is 12.5. The molecule has 0 aliphatic rings. The molecule has 0 aliphatic carbocycles. The van der Waals surface area contributed by atoms with Crippen molar-refractivity contribution < 1.29 is 30.3 Å². The molecule has 0 saturated heterocycles. The number of rotatable bonds is 3. The van der Waals surface area contributed by atoms with Gasteiger partial charge in [0.25, 0.3) is 0 Å². The van der Waals surface area contributed by atoms with Gasteiger partial charge < -0.3 is 15.2 Å². The van der Waals surface area contributed by atoms with E-state index in [1.807, 2.05) is 26.0 Å². The number of hydrogen-bond acceptors (Lipinski definition) is 4. The zero-order valence-electron chi connectivity index (χ0n) is 13.4. The Labute approximate surface area is 146 Å².